The van der Waals surface area contributed by atoms with Gasteiger partial charge < -0.3 is 16.2 Å². The lowest BCUT2D eigenvalue weighted by Gasteiger charge is -2.10. The van der Waals surface area contributed by atoms with E-state index in [0.717, 1.165) is 12.2 Å². The van der Waals surface area contributed by atoms with Crippen molar-refractivity contribution in [1.29, 1.82) is 0 Å². The Morgan fingerprint density at radius 2 is 2.22 bits per heavy atom. The smallest absolute Gasteiger partial charge is 0.225 e. The topological polar surface area (TPSA) is 75.3 Å². The Morgan fingerprint density at radius 1 is 1.50 bits per heavy atom. The number of para-hydroxylation sites is 2. The monoisotopic (exact) mass is 268 g/mol. The first-order chi connectivity index (χ1) is 8.63. The second-order valence-corrected chi connectivity index (χ2v) is 5.63. The Balaban J connectivity index is 2.28. The normalized spacial score (nSPS) is 12.1. The van der Waals surface area contributed by atoms with Crippen LogP contribution in [0.2, 0.25) is 0 Å². The van der Waals surface area contributed by atoms with Crippen molar-refractivity contribution in [2.75, 3.05) is 23.4 Å². The van der Waals surface area contributed by atoms with Crippen LogP contribution in [-0.2, 0) is 4.79 Å². The quantitative estimate of drug-likeness (QED) is 0.662. The van der Waals surface area contributed by atoms with Crippen LogP contribution in [0.1, 0.15) is 19.8 Å². The number of hydrogen-bond acceptors (Lipinski definition) is 4. The van der Waals surface area contributed by atoms with Gasteiger partial charge in [-0.05, 0) is 18.6 Å². The van der Waals surface area contributed by atoms with Gasteiger partial charge in [0.1, 0.15) is 0 Å². The van der Waals surface area contributed by atoms with Gasteiger partial charge in [0.15, 0.2) is 0 Å². The predicted molar refractivity (Wildman–Crippen MR) is 77.7 cm³/mol. The third-order valence-corrected chi connectivity index (χ3v) is 3.75. The average Bonchev–Trinajstić information content (AvgIpc) is 2.32. The highest BCUT2D eigenvalue weighted by molar-refractivity contribution is 7.99. The summed E-state index contributed by atoms with van der Waals surface area (Å²) in [7, 11) is 0. The number of anilines is 2. The first-order valence-electron chi connectivity index (χ1n) is 6.00. The molecule has 0 aliphatic carbocycles. The van der Waals surface area contributed by atoms with Crippen LogP contribution in [0, 0.1) is 0 Å². The van der Waals surface area contributed by atoms with Gasteiger partial charge in [0.25, 0.3) is 0 Å². The van der Waals surface area contributed by atoms with Crippen molar-refractivity contribution in [2.24, 2.45) is 0 Å². The number of nitrogens with two attached hydrogens (primary N) is 1. The summed E-state index contributed by atoms with van der Waals surface area (Å²) in [6, 6.07) is 7.21. The zero-order valence-corrected chi connectivity index (χ0v) is 11.4. The predicted octanol–water partition coefficient (Wildman–Crippen LogP) is 2.10. The Hall–Kier alpha value is -1.20. The fourth-order valence-corrected chi connectivity index (χ4v) is 2.42. The van der Waals surface area contributed by atoms with Gasteiger partial charge >= 0.3 is 0 Å². The van der Waals surface area contributed by atoms with Crippen LogP contribution >= 0.6 is 11.8 Å². The molecule has 1 rings (SSSR count). The van der Waals surface area contributed by atoms with E-state index in [-0.39, 0.29) is 12.5 Å². The molecule has 0 aromatic heterocycles. The molecule has 0 aliphatic heterocycles. The van der Waals surface area contributed by atoms with E-state index in [1.54, 1.807) is 23.9 Å². The van der Waals surface area contributed by atoms with Crippen molar-refractivity contribution in [3.05, 3.63) is 24.3 Å². The van der Waals surface area contributed by atoms with Gasteiger partial charge in [-0.1, -0.05) is 19.1 Å². The number of benzene rings is 1. The van der Waals surface area contributed by atoms with Gasteiger partial charge in [0.05, 0.1) is 11.4 Å². The highest BCUT2D eigenvalue weighted by Crippen LogP contribution is 2.18. The van der Waals surface area contributed by atoms with Gasteiger partial charge in [-0.2, -0.15) is 11.8 Å². The molecule has 0 bridgehead atoms. The van der Waals surface area contributed by atoms with Crippen LogP contribution in [-0.4, -0.2) is 28.6 Å². The van der Waals surface area contributed by atoms with E-state index in [1.807, 2.05) is 19.1 Å². The van der Waals surface area contributed by atoms with E-state index < -0.39 is 0 Å². The molecule has 0 heterocycles. The molecule has 0 saturated carbocycles. The van der Waals surface area contributed by atoms with Gasteiger partial charge in [-0.3, -0.25) is 4.79 Å². The van der Waals surface area contributed by atoms with E-state index in [9.17, 15) is 4.79 Å². The maximum Gasteiger partial charge on any atom is 0.225 e. The Morgan fingerprint density at radius 3 is 2.89 bits per heavy atom. The molecule has 0 spiro atoms. The van der Waals surface area contributed by atoms with E-state index in [2.05, 4.69) is 5.32 Å². The summed E-state index contributed by atoms with van der Waals surface area (Å²) in [5.41, 5.74) is 6.98. The molecule has 1 aromatic rings. The third-order valence-electron chi connectivity index (χ3n) is 2.50. The van der Waals surface area contributed by atoms with E-state index in [1.165, 1.54) is 0 Å². The molecule has 1 atom stereocenters. The van der Waals surface area contributed by atoms with Crippen molar-refractivity contribution in [2.45, 2.75) is 25.0 Å². The van der Waals surface area contributed by atoms with Crippen molar-refractivity contribution in [3.63, 3.8) is 0 Å². The summed E-state index contributed by atoms with van der Waals surface area (Å²) in [5, 5.41) is 11.9. The minimum Gasteiger partial charge on any atom is -0.397 e. The lowest BCUT2D eigenvalue weighted by molar-refractivity contribution is -0.115. The van der Waals surface area contributed by atoms with Gasteiger partial charge in [-0.15, -0.1) is 0 Å². The SMILES string of the molecule is CC(CCO)SCCC(=O)Nc1ccccc1N. The van der Waals surface area contributed by atoms with Crippen molar-refractivity contribution >= 4 is 29.0 Å². The highest BCUT2D eigenvalue weighted by atomic mass is 32.2. The maximum absolute atomic E-state index is 11.7. The average molecular weight is 268 g/mol. The Kier molecular flexibility index (Phi) is 6.60. The Bertz CT molecular complexity index is 385. The minimum absolute atomic E-state index is 0.0309. The van der Waals surface area contributed by atoms with Gasteiger partial charge in [0.2, 0.25) is 5.91 Å². The van der Waals surface area contributed by atoms with Crippen LogP contribution in [0.3, 0.4) is 0 Å². The number of carbonyl (C=O) groups excluding carboxylic acids is 1. The van der Waals surface area contributed by atoms with Crippen LogP contribution in [0.4, 0.5) is 11.4 Å². The second kappa shape index (κ2) is 8.00. The zero-order chi connectivity index (χ0) is 13.4. The molecule has 0 radical (unpaired) electrons. The third kappa shape index (κ3) is 5.42. The maximum atomic E-state index is 11.7. The number of aliphatic hydroxyl groups is 1. The largest absolute Gasteiger partial charge is 0.397 e. The number of thioether (sulfide) groups is 1. The molecule has 1 unspecified atom stereocenters. The van der Waals surface area contributed by atoms with Gasteiger partial charge in [0, 0.05) is 24.0 Å². The lowest BCUT2D eigenvalue weighted by Crippen LogP contribution is -2.14. The molecule has 5 heteroatoms. The fraction of sp³-hybridized carbons (Fsp3) is 0.462. The molecule has 0 saturated heterocycles. The summed E-state index contributed by atoms with van der Waals surface area (Å²) in [6.07, 6.45) is 1.21. The summed E-state index contributed by atoms with van der Waals surface area (Å²) >= 11 is 1.69. The van der Waals surface area contributed by atoms with Crippen LogP contribution < -0.4 is 11.1 Å². The summed E-state index contributed by atoms with van der Waals surface area (Å²) in [5.74, 6) is 0.719. The van der Waals surface area contributed by atoms with E-state index in [4.69, 9.17) is 10.8 Å². The van der Waals surface area contributed by atoms with E-state index in [0.29, 0.717) is 23.0 Å². The highest BCUT2D eigenvalue weighted by Gasteiger charge is 2.06. The first kappa shape index (κ1) is 14.9. The molecule has 0 fully saturated rings. The molecule has 0 aliphatic rings. The van der Waals surface area contributed by atoms with E-state index >= 15 is 0 Å². The summed E-state index contributed by atoms with van der Waals surface area (Å²) < 4.78 is 0. The van der Waals surface area contributed by atoms with Crippen molar-refractivity contribution in [1.82, 2.24) is 0 Å². The number of aliphatic hydroxyl groups excluding tert-OH is 1. The number of nitrogens with one attached hydrogen (secondary N) is 1. The molecule has 4 nitrogen and oxygen atoms in total. The van der Waals surface area contributed by atoms with Crippen molar-refractivity contribution in [3.8, 4) is 0 Å². The molecular formula is C13H20N2O2S. The van der Waals surface area contributed by atoms with Crippen LogP contribution in [0.5, 0.6) is 0 Å². The molecule has 1 amide bonds. The van der Waals surface area contributed by atoms with Crippen molar-refractivity contribution < 1.29 is 9.90 Å². The lowest BCUT2D eigenvalue weighted by atomic mass is 10.2. The number of rotatable bonds is 7. The molecule has 4 N–H and O–H groups in total. The number of carbonyl (C=O) groups is 1. The fourth-order valence-electron chi connectivity index (χ4n) is 1.44. The Labute approximate surface area is 112 Å². The number of nitrogen functional groups attached to an aromatic ring is 1. The molecule has 18 heavy (non-hydrogen) atoms. The number of hydrogen-bond donors (Lipinski definition) is 3. The zero-order valence-electron chi connectivity index (χ0n) is 10.6. The van der Waals surface area contributed by atoms with Gasteiger partial charge in [-0.25, -0.2) is 0 Å². The standard InChI is InChI=1S/C13H20N2O2S/c1-10(6-8-16)18-9-7-13(17)15-12-5-3-2-4-11(12)14/h2-5,10,16H,6-9,14H2,1H3,(H,15,17). The molecular weight excluding hydrogens is 248 g/mol. The summed E-state index contributed by atoms with van der Waals surface area (Å²) in [4.78, 5) is 11.7. The van der Waals surface area contributed by atoms with Crippen LogP contribution in [0.15, 0.2) is 24.3 Å². The first-order valence-corrected chi connectivity index (χ1v) is 7.05. The van der Waals surface area contributed by atoms with Crippen LogP contribution in [0.25, 0.3) is 0 Å². The molecule has 1 aromatic carbocycles. The minimum atomic E-state index is -0.0309. The second-order valence-electron chi connectivity index (χ2n) is 4.08. The molecule has 100 valence electrons. The summed E-state index contributed by atoms with van der Waals surface area (Å²) in [6.45, 7) is 2.24. The number of amides is 1.